The Kier molecular flexibility index (Phi) is 8.21. The van der Waals surface area contributed by atoms with E-state index in [-0.39, 0.29) is 23.5 Å². The lowest BCUT2D eigenvalue weighted by Gasteiger charge is -2.06. The lowest BCUT2D eigenvalue weighted by molar-refractivity contribution is -0.114. The topological polar surface area (TPSA) is 100 Å². The quantitative estimate of drug-likeness (QED) is 0.390. The first-order valence-corrected chi connectivity index (χ1v) is 12.0. The van der Waals surface area contributed by atoms with E-state index in [0.29, 0.717) is 27.8 Å². The second-order valence-electron chi connectivity index (χ2n) is 6.41. The first-order valence-electron chi connectivity index (χ1n) is 9.15. The predicted octanol–water partition coefficient (Wildman–Crippen LogP) is 4.99. The number of rotatable bonds is 8. The van der Waals surface area contributed by atoms with Gasteiger partial charge in [0.15, 0.2) is 5.13 Å². The van der Waals surface area contributed by atoms with Gasteiger partial charge in [-0.15, -0.1) is 23.1 Å². The first-order chi connectivity index (χ1) is 14.9. The van der Waals surface area contributed by atoms with E-state index in [4.69, 9.17) is 0 Å². The maximum absolute atomic E-state index is 12.3. The molecule has 160 valence electrons. The van der Waals surface area contributed by atoms with Crippen LogP contribution in [0.15, 0.2) is 58.4 Å². The maximum atomic E-state index is 12.3. The van der Waals surface area contributed by atoms with Crippen molar-refractivity contribution in [3.8, 4) is 0 Å². The number of nitrogens with zero attached hydrogens (tertiary/aromatic N) is 1. The van der Waals surface area contributed by atoms with Crippen LogP contribution in [0.2, 0.25) is 0 Å². The van der Waals surface area contributed by atoms with Crippen LogP contribution in [-0.2, 0) is 15.3 Å². The summed E-state index contributed by atoms with van der Waals surface area (Å²) in [6.07, 6.45) is 0. The van der Waals surface area contributed by atoms with Crippen LogP contribution in [0.25, 0.3) is 0 Å². The summed E-state index contributed by atoms with van der Waals surface area (Å²) in [5.41, 5.74) is 2.67. The molecule has 0 bridgehead atoms. The molecule has 7 nitrogen and oxygen atoms in total. The van der Waals surface area contributed by atoms with Crippen LogP contribution in [0.3, 0.4) is 0 Å². The molecule has 2 aromatic carbocycles. The molecule has 0 aliphatic carbocycles. The number of carbonyl (C=O) groups is 3. The second kappa shape index (κ2) is 11.1. The standard InChI is InChI=1S/C21H19BrN4O3S2/c1-13(27)23-16-5-7-17(8-6-16)24-19(28)12-30-10-18-11-31-21(25-18)26-20(29)14-3-2-4-15(22)9-14/h2-9,11H,10,12H2,1H3,(H,23,27)(H,24,28)(H,25,26,29). The number of thioether (sulfide) groups is 1. The molecule has 0 unspecified atom stereocenters. The molecule has 31 heavy (non-hydrogen) atoms. The second-order valence-corrected chi connectivity index (χ2v) is 9.17. The van der Waals surface area contributed by atoms with Crippen molar-refractivity contribution < 1.29 is 14.4 Å². The first kappa shape index (κ1) is 23.0. The molecule has 10 heteroatoms. The maximum Gasteiger partial charge on any atom is 0.257 e. The zero-order chi connectivity index (χ0) is 22.2. The van der Waals surface area contributed by atoms with Crippen molar-refractivity contribution in [1.82, 2.24) is 4.98 Å². The van der Waals surface area contributed by atoms with Crippen LogP contribution in [0.5, 0.6) is 0 Å². The van der Waals surface area contributed by atoms with Gasteiger partial charge in [-0.1, -0.05) is 22.0 Å². The molecule has 0 saturated heterocycles. The number of carbonyl (C=O) groups excluding carboxylic acids is 3. The average Bonchev–Trinajstić information content (AvgIpc) is 3.16. The molecule has 0 radical (unpaired) electrons. The SMILES string of the molecule is CC(=O)Nc1ccc(NC(=O)CSCc2csc(NC(=O)c3cccc(Br)c3)n2)cc1. The van der Waals surface area contributed by atoms with Gasteiger partial charge in [0.1, 0.15) is 0 Å². The third-order valence-electron chi connectivity index (χ3n) is 3.83. The van der Waals surface area contributed by atoms with Gasteiger partial charge in [0, 0.05) is 39.5 Å². The van der Waals surface area contributed by atoms with E-state index >= 15 is 0 Å². The van der Waals surface area contributed by atoms with E-state index in [1.165, 1.54) is 30.0 Å². The van der Waals surface area contributed by atoms with Crippen molar-refractivity contribution in [3.63, 3.8) is 0 Å². The Morgan fingerprint density at radius 1 is 1.03 bits per heavy atom. The molecular weight excluding hydrogens is 500 g/mol. The molecule has 1 aromatic heterocycles. The number of nitrogens with one attached hydrogen (secondary N) is 3. The molecule has 3 N–H and O–H groups in total. The van der Waals surface area contributed by atoms with Gasteiger partial charge < -0.3 is 10.6 Å². The lowest BCUT2D eigenvalue weighted by atomic mass is 10.2. The number of benzene rings is 2. The van der Waals surface area contributed by atoms with Crippen molar-refractivity contribution in [2.45, 2.75) is 12.7 Å². The lowest BCUT2D eigenvalue weighted by Crippen LogP contribution is -2.14. The molecular formula is C21H19BrN4O3S2. The van der Waals surface area contributed by atoms with Crippen molar-refractivity contribution >= 4 is 73.3 Å². The largest absolute Gasteiger partial charge is 0.326 e. The molecule has 0 aliphatic heterocycles. The fourth-order valence-corrected chi connectivity index (χ4v) is 4.44. The molecule has 3 rings (SSSR count). The Balaban J connectivity index is 1.42. The van der Waals surface area contributed by atoms with E-state index in [0.717, 1.165) is 10.2 Å². The van der Waals surface area contributed by atoms with Gasteiger partial charge >= 0.3 is 0 Å². The van der Waals surface area contributed by atoms with Crippen molar-refractivity contribution in [2.24, 2.45) is 0 Å². The highest BCUT2D eigenvalue weighted by Gasteiger charge is 2.10. The van der Waals surface area contributed by atoms with Gasteiger partial charge in [-0.3, -0.25) is 19.7 Å². The van der Waals surface area contributed by atoms with Gasteiger partial charge in [-0.2, -0.15) is 0 Å². The molecule has 3 amide bonds. The summed E-state index contributed by atoms with van der Waals surface area (Å²) >= 11 is 6.13. The van der Waals surface area contributed by atoms with Gasteiger partial charge in [-0.25, -0.2) is 4.98 Å². The van der Waals surface area contributed by atoms with Crippen LogP contribution < -0.4 is 16.0 Å². The zero-order valence-electron chi connectivity index (χ0n) is 16.5. The highest BCUT2D eigenvalue weighted by molar-refractivity contribution is 9.10. The normalized spacial score (nSPS) is 10.4. The Hall–Kier alpha value is -2.69. The van der Waals surface area contributed by atoms with Gasteiger partial charge in [-0.05, 0) is 42.5 Å². The van der Waals surface area contributed by atoms with Crippen molar-refractivity contribution in [3.05, 3.63) is 69.6 Å². The number of halogens is 1. The summed E-state index contributed by atoms with van der Waals surface area (Å²) in [6.45, 7) is 1.44. The van der Waals surface area contributed by atoms with Crippen LogP contribution in [-0.4, -0.2) is 28.5 Å². The molecule has 0 fully saturated rings. The van der Waals surface area contributed by atoms with E-state index in [1.54, 1.807) is 42.5 Å². The number of thiazole rings is 1. The number of hydrogen-bond donors (Lipinski definition) is 3. The average molecular weight is 519 g/mol. The van der Waals surface area contributed by atoms with E-state index < -0.39 is 0 Å². The molecule has 3 aromatic rings. The summed E-state index contributed by atoms with van der Waals surface area (Å²) in [4.78, 5) is 39.8. The highest BCUT2D eigenvalue weighted by atomic mass is 79.9. The third kappa shape index (κ3) is 7.50. The van der Waals surface area contributed by atoms with Crippen molar-refractivity contribution in [1.29, 1.82) is 0 Å². The van der Waals surface area contributed by atoms with Crippen LogP contribution in [0.4, 0.5) is 16.5 Å². The molecule has 0 saturated carbocycles. The molecule has 0 spiro atoms. The summed E-state index contributed by atoms with van der Waals surface area (Å²) in [5, 5.41) is 10.7. The van der Waals surface area contributed by atoms with Crippen LogP contribution in [0.1, 0.15) is 23.0 Å². The van der Waals surface area contributed by atoms with E-state index in [1.807, 2.05) is 11.4 Å². The molecule has 0 aliphatic rings. The zero-order valence-corrected chi connectivity index (χ0v) is 19.7. The minimum absolute atomic E-state index is 0.129. The van der Waals surface area contributed by atoms with E-state index in [2.05, 4.69) is 36.9 Å². The summed E-state index contributed by atoms with van der Waals surface area (Å²) in [6, 6.07) is 14.0. The van der Waals surface area contributed by atoms with Gasteiger partial charge in [0.2, 0.25) is 11.8 Å². The van der Waals surface area contributed by atoms with Crippen LogP contribution >= 0.6 is 39.0 Å². The smallest absolute Gasteiger partial charge is 0.257 e. The van der Waals surface area contributed by atoms with Gasteiger partial charge in [0.05, 0.1) is 11.4 Å². The van der Waals surface area contributed by atoms with Crippen LogP contribution in [0, 0.1) is 0 Å². The summed E-state index contributed by atoms with van der Waals surface area (Å²) in [7, 11) is 0. The Bertz CT molecular complexity index is 1090. The Morgan fingerprint density at radius 3 is 2.42 bits per heavy atom. The predicted molar refractivity (Wildman–Crippen MR) is 130 cm³/mol. The number of amides is 3. The fourth-order valence-electron chi connectivity index (χ4n) is 2.52. The van der Waals surface area contributed by atoms with E-state index in [9.17, 15) is 14.4 Å². The summed E-state index contributed by atoms with van der Waals surface area (Å²) in [5.74, 6) is 0.323. The number of aromatic nitrogens is 1. The summed E-state index contributed by atoms with van der Waals surface area (Å²) < 4.78 is 0.832. The number of hydrogen-bond acceptors (Lipinski definition) is 6. The monoisotopic (exact) mass is 518 g/mol. The number of anilines is 3. The minimum Gasteiger partial charge on any atom is -0.326 e. The Morgan fingerprint density at radius 2 is 1.74 bits per heavy atom. The minimum atomic E-state index is -0.223. The fraction of sp³-hybridized carbons (Fsp3) is 0.143. The third-order valence-corrected chi connectivity index (χ3v) is 6.10. The van der Waals surface area contributed by atoms with Gasteiger partial charge in [0.25, 0.3) is 5.91 Å². The van der Waals surface area contributed by atoms with Crippen molar-refractivity contribution in [2.75, 3.05) is 21.7 Å². The molecule has 0 atom stereocenters. The molecule has 1 heterocycles. The Labute approximate surface area is 196 Å². The highest BCUT2D eigenvalue weighted by Crippen LogP contribution is 2.21.